The van der Waals surface area contributed by atoms with Gasteiger partial charge in [0.15, 0.2) is 0 Å². The highest BCUT2D eigenvalue weighted by molar-refractivity contribution is 5.80. The maximum atomic E-state index is 11.5. The van der Waals surface area contributed by atoms with Crippen LogP contribution in [0, 0.1) is 0 Å². The van der Waals surface area contributed by atoms with Gasteiger partial charge in [0.25, 0.3) is 5.91 Å². The number of hydrogen-bond donors (Lipinski definition) is 3. The highest BCUT2D eigenvalue weighted by Gasteiger charge is 2.32. The van der Waals surface area contributed by atoms with Gasteiger partial charge in [-0.1, -0.05) is 6.92 Å². The van der Waals surface area contributed by atoms with E-state index in [1.165, 1.54) is 12.8 Å². The number of carbonyl (C=O) groups is 1. The molecule has 0 radical (unpaired) electrons. The highest BCUT2D eigenvalue weighted by Crippen LogP contribution is 2.23. The topological polar surface area (TPSA) is 79.6 Å². The van der Waals surface area contributed by atoms with Gasteiger partial charge in [-0.15, -0.1) is 0 Å². The van der Waals surface area contributed by atoms with E-state index in [1.54, 1.807) is 0 Å². The molecule has 4 N–H and O–H groups in total. The van der Waals surface area contributed by atoms with Gasteiger partial charge in [0.2, 0.25) is 0 Å². The van der Waals surface area contributed by atoms with Gasteiger partial charge in [0.05, 0.1) is 6.10 Å². The van der Waals surface area contributed by atoms with Crippen LogP contribution < -0.4 is 16.6 Å². The summed E-state index contributed by atoms with van der Waals surface area (Å²) in [4.78, 5) is 14.0. The molecule has 20 heavy (non-hydrogen) atoms. The van der Waals surface area contributed by atoms with Gasteiger partial charge in [-0.25, -0.2) is 5.84 Å². The molecule has 116 valence electrons. The molecule has 2 saturated heterocycles. The van der Waals surface area contributed by atoms with Gasteiger partial charge in [-0.05, 0) is 51.7 Å². The lowest BCUT2D eigenvalue weighted by molar-refractivity contribution is -0.132. The highest BCUT2D eigenvalue weighted by atomic mass is 16.5. The first-order valence-corrected chi connectivity index (χ1v) is 7.85. The van der Waals surface area contributed by atoms with Crippen LogP contribution in [0.5, 0.6) is 0 Å². The van der Waals surface area contributed by atoms with Gasteiger partial charge in [-0.2, -0.15) is 0 Å². The fourth-order valence-electron chi connectivity index (χ4n) is 3.27. The van der Waals surface area contributed by atoms with Crippen molar-refractivity contribution in [3.8, 4) is 0 Å². The molecular weight excluding hydrogens is 256 g/mol. The van der Waals surface area contributed by atoms with E-state index in [0.29, 0.717) is 6.04 Å². The summed E-state index contributed by atoms with van der Waals surface area (Å²) < 4.78 is 5.83. The SMILES string of the molecule is CCCN(CC1CCC(C(=O)NN)O1)C1CCNCC1. The number of piperidine rings is 1. The Balaban J connectivity index is 1.83. The fourth-order valence-corrected chi connectivity index (χ4v) is 3.27. The smallest absolute Gasteiger partial charge is 0.263 e. The van der Waals surface area contributed by atoms with Crippen LogP contribution in [0.4, 0.5) is 0 Å². The summed E-state index contributed by atoms with van der Waals surface area (Å²) in [6, 6.07) is 0.655. The third-order valence-corrected chi connectivity index (χ3v) is 4.32. The zero-order valence-electron chi connectivity index (χ0n) is 12.4. The molecule has 0 aliphatic carbocycles. The van der Waals surface area contributed by atoms with Gasteiger partial charge in [0, 0.05) is 12.6 Å². The van der Waals surface area contributed by atoms with E-state index >= 15 is 0 Å². The minimum Gasteiger partial charge on any atom is -0.364 e. The summed E-state index contributed by atoms with van der Waals surface area (Å²) in [7, 11) is 0. The van der Waals surface area contributed by atoms with Gasteiger partial charge in [0.1, 0.15) is 6.10 Å². The van der Waals surface area contributed by atoms with Gasteiger partial charge < -0.3 is 10.1 Å². The van der Waals surface area contributed by atoms with Crippen molar-refractivity contribution in [2.75, 3.05) is 26.2 Å². The first-order valence-electron chi connectivity index (χ1n) is 7.85. The summed E-state index contributed by atoms with van der Waals surface area (Å²) in [5.74, 6) is 4.97. The van der Waals surface area contributed by atoms with Crippen molar-refractivity contribution in [3.63, 3.8) is 0 Å². The molecule has 2 rings (SSSR count). The van der Waals surface area contributed by atoms with Crippen LogP contribution in [0.25, 0.3) is 0 Å². The second-order valence-electron chi connectivity index (χ2n) is 5.81. The Morgan fingerprint density at radius 1 is 1.35 bits per heavy atom. The predicted molar refractivity (Wildman–Crippen MR) is 78.0 cm³/mol. The quantitative estimate of drug-likeness (QED) is 0.363. The minimum absolute atomic E-state index is 0.165. The maximum Gasteiger partial charge on any atom is 0.263 e. The van der Waals surface area contributed by atoms with Crippen molar-refractivity contribution in [2.24, 2.45) is 5.84 Å². The first kappa shape index (κ1) is 15.7. The van der Waals surface area contributed by atoms with E-state index in [4.69, 9.17) is 10.6 Å². The molecule has 1 amide bonds. The molecule has 0 saturated carbocycles. The number of amides is 1. The molecule has 2 atom stereocenters. The molecule has 2 heterocycles. The van der Waals surface area contributed by atoms with Crippen LogP contribution >= 0.6 is 0 Å². The van der Waals surface area contributed by atoms with Crippen molar-refractivity contribution in [1.29, 1.82) is 0 Å². The van der Waals surface area contributed by atoms with E-state index in [9.17, 15) is 4.79 Å². The van der Waals surface area contributed by atoms with Crippen LogP contribution in [-0.2, 0) is 9.53 Å². The lowest BCUT2D eigenvalue weighted by atomic mass is 10.0. The van der Waals surface area contributed by atoms with E-state index in [0.717, 1.165) is 45.4 Å². The summed E-state index contributed by atoms with van der Waals surface area (Å²) in [6.07, 6.45) is 5.10. The third-order valence-electron chi connectivity index (χ3n) is 4.32. The Morgan fingerprint density at radius 2 is 2.10 bits per heavy atom. The van der Waals surface area contributed by atoms with E-state index in [1.807, 2.05) is 0 Å². The number of nitrogens with zero attached hydrogens (tertiary/aromatic N) is 1. The van der Waals surface area contributed by atoms with Crippen LogP contribution in [0.3, 0.4) is 0 Å². The summed E-state index contributed by atoms with van der Waals surface area (Å²) in [5, 5.41) is 3.41. The van der Waals surface area contributed by atoms with Crippen molar-refractivity contribution < 1.29 is 9.53 Å². The van der Waals surface area contributed by atoms with Crippen LogP contribution in [0.1, 0.15) is 39.0 Å². The molecule has 6 nitrogen and oxygen atoms in total. The molecule has 0 aromatic rings. The fraction of sp³-hybridized carbons (Fsp3) is 0.929. The number of rotatable bonds is 6. The first-order chi connectivity index (χ1) is 9.74. The number of hydrogen-bond acceptors (Lipinski definition) is 5. The largest absolute Gasteiger partial charge is 0.364 e. The number of carbonyl (C=O) groups excluding carboxylic acids is 1. The van der Waals surface area contributed by atoms with Gasteiger partial charge >= 0.3 is 0 Å². The molecule has 0 bridgehead atoms. The molecule has 2 fully saturated rings. The second kappa shape index (κ2) is 7.93. The number of nitrogens with two attached hydrogens (primary N) is 1. The average molecular weight is 284 g/mol. The van der Waals surface area contributed by atoms with Crippen molar-refractivity contribution >= 4 is 5.91 Å². The van der Waals surface area contributed by atoms with E-state index in [2.05, 4.69) is 22.6 Å². The zero-order chi connectivity index (χ0) is 14.4. The van der Waals surface area contributed by atoms with Crippen LogP contribution in [0.15, 0.2) is 0 Å². The summed E-state index contributed by atoms with van der Waals surface area (Å²) in [5.41, 5.74) is 2.18. The van der Waals surface area contributed by atoms with Crippen LogP contribution in [-0.4, -0.2) is 55.2 Å². The third kappa shape index (κ3) is 4.15. The Hall–Kier alpha value is -0.690. The lowest BCUT2D eigenvalue weighted by Gasteiger charge is -2.35. The average Bonchev–Trinajstić information content (AvgIpc) is 2.95. The molecule has 2 aliphatic heterocycles. The molecule has 0 spiro atoms. The van der Waals surface area contributed by atoms with Crippen molar-refractivity contribution in [2.45, 2.75) is 57.3 Å². The summed E-state index contributed by atoms with van der Waals surface area (Å²) >= 11 is 0. The molecule has 0 aromatic heterocycles. The zero-order valence-corrected chi connectivity index (χ0v) is 12.4. The van der Waals surface area contributed by atoms with Gasteiger partial charge in [-0.3, -0.25) is 15.1 Å². The molecule has 2 aliphatic rings. The lowest BCUT2D eigenvalue weighted by Crippen LogP contribution is -2.46. The molecular formula is C14H28N4O2. The van der Waals surface area contributed by atoms with Crippen LogP contribution in [0.2, 0.25) is 0 Å². The molecule has 0 aromatic carbocycles. The normalized spacial score (nSPS) is 27.9. The predicted octanol–water partition coefficient (Wildman–Crippen LogP) is -0.0121. The second-order valence-corrected chi connectivity index (χ2v) is 5.81. The number of hydrazine groups is 1. The summed E-state index contributed by atoms with van der Waals surface area (Å²) in [6.45, 7) is 6.47. The van der Waals surface area contributed by atoms with E-state index in [-0.39, 0.29) is 18.1 Å². The Labute approximate surface area is 121 Å². The van der Waals surface area contributed by atoms with Crippen molar-refractivity contribution in [1.82, 2.24) is 15.6 Å². The molecule has 2 unspecified atom stereocenters. The number of nitrogens with one attached hydrogen (secondary N) is 2. The minimum atomic E-state index is -0.360. The van der Waals surface area contributed by atoms with Crippen molar-refractivity contribution in [3.05, 3.63) is 0 Å². The maximum absolute atomic E-state index is 11.5. The standard InChI is InChI=1S/C14H28N4O2/c1-2-9-18(11-5-7-16-8-6-11)10-12-3-4-13(20-12)14(19)17-15/h11-13,16H,2-10,15H2,1H3,(H,17,19). The Bertz CT molecular complexity index is 308. The monoisotopic (exact) mass is 284 g/mol. The Morgan fingerprint density at radius 3 is 2.75 bits per heavy atom. The van der Waals surface area contributed by atoms with E-state index < -0.39 is 0 Å². The number of ether oxygens (including phenoxy) is 1. The Kier molecular flexibility index (Phi) is 6.22. The molecule has 6 heteroatoms.